The van der Waals surface area contributed by atoms with Gasteiger partial charge in [0.05, 0.1) is 9.64 Å². The van der Waals surface area contributed by atoms with Crippen molar-refractivity contribution in [3.63, 3.8) is 0 Å². The minimum Gasteiger partial charge on any atom is -0.441 e. The molecular formula is C12H16N2O3S. The van der Waals surface area contributed by atoms with Gasteiger partial charge in [0.15, 0.2) is 21.3 Å². The molecule has 0 saturated heterocycles. The first-order chi connectivity index (χ1) is 8.28. The molecule has 2 rings (SSSR count). The number of nitrogens with two attached hydrogens (primary N) is 1. The van der Waals surface area contributed by atoms with Crippen molar-refractivity contribution in [1.29, 1.82) is 0 Å². The number of hydrogen-bond acceptors (Lipinski definition) is 5. The molecule has 0 saturated carbocycles. The van der Waals surface area contributed by atoms with E-state index in [1.54, 1.807) is 26.8 Å². The van der Waals surface area contributed by atoms with Gasteiger partial charge in [-0.3, -0.25) is 0 Å². The normalized spacial score (nSPS) is 13.1. The number of hydrogen-bond donors (Lipinski definition) is 1. The van der Waals surface area contributed by atoms with Crippen LogP contribution in [0, 0.1) is 6.92 Å². The van der Waals surface area contributed by atoms with Crippen LogP contribution >= 0.6 is 0 Å². The number of oxazole rings is 1. The smallest absolute Gasteiger partial charge is 0.192 e. The fourth-order valence-electron chi connectivity index (χ4n) is 1.62. The average Bonchev–Trinajstić information content (AvgIpc) is 2.67. The second-order valence-corrected chi connectivity index (χ2v) is 7.41. The van der Waals surface area contributed by atoms with E-state index >= 15 is 0 Å². The maximum absolute atomic E-state index is 12.4. The van der Waals surface area contributed by atoms with Crippen LogP contribution in [0.15, 0.2) is 27.5 Å². The molecule has 0 radical (unpaired) electrons. The number of nitrogens with zero attached hydrogens (tertiary/aromatic N) is 1. The Hall–Kier alpha value is -1.40. The molecule has 0 amide bonds. The van der Waals surface area contributed by atoms with E-state index in [2.05, 4.69) is 4.98 Å². The van der Waals surface area contributed by atoms with Gasteiger partial charge in [0.25, 0.3) is 0 Å². The quantitative estimate of drug-likeness (QED) is 0.914. The Kier molecular flexibility index (Phi) is 2.95. The first kappa shape index (κ1) is 13.0. The SMILES string of the molecule is Cc1nc2cc(S(=O)(=O)C(C)(C)CN)ccc2o1. The summed E-state index contributed by atoms with van der Waals surface area (Å²) in [5, 5.41) is 0. The van der Waals surface area contributed by atoms with E-state index in [9.17, 15) is 8.42 Å². The molecule has 0 bridgehead atoms. The summed E-state index contributed by atoms with van der Waals surface area (Å²) in [7, 11) is -3.48. The number of fused-ring (bicyclic) bond motifs is 1. The van der Waals surface area contributed by atoms with E-state index in [-0.39, 0.29) is 11.4 Å². The van der Waals surface area contributed by atoms with Crippen LogP contribution in [0.1, 0.15) is 19.7 Å². The Balaban J connectivity index is 2.61. The molecule has 0 unspecified atom stereocenters. The minimum atomic E-state index is -3.48. The van der Waals surface area contributed by atoms with Crippen LogP contribution in [-0.4, -0.2) is 24.7 Å². The predicted molar refractivity (Wildman–Crippen MR) is 69.1 cm³/mol. The van der Waals surface area contributed by atoms with Crippen molar-refractivity contribution in [2.24, 2.45) is 5.73 Å². The summed E-state index contributed by atoms with van der Waals surface area (Å²) in [6.45, 7) is 5.00. The van der Waals surface area contributed by atoms with E-state index in [4.69, 9.17) is 10.2 Å². The van der Waals surface area contributed by atoms with Crippen LogP contribution in [0.25, 0.3) is 11.1 Å². The van der Waals surface area contributed by atoms with Gasteiger partial charge in [-0.15, -0.1) is 0 Å². The Bertz CT molecular complexity index is 686. The van der Waals surface area contributed by atoms with E-state index < -0.39 is 14.6 Å². The van der Waals surface area contributed by atoms with Crippen molar-refractivity contribution >= 4 is 20.9 Å². The topological polar surface area (TPSA) is 86.2 Å². The van der Waals surface area contributed by atoms with Gasteiger partial charge in [-0.05, 0) is 32.0 Å². The van der Waals surface area contributed by atoms with Crippen LogP contribution in [0.2, 0.25) is 0 Å². The molecule has 0 aliphatic carbocycles. The second kappa shape index (κ2) is 4.07. The number of aryl methyl sites for hydroxylation is 1. The van der Waals surface area contributed by atoms with E-state index in [1.165, 1.54) is 12.1 Å². The number of sulfone groups is 1. The number of rotatable bonds is 3. The lowest BCUT2D eigenvalue weighted by Gasteiger charge is -2.22. The number of benzene rings is 1. The zero-order valence-corrected chi connectivity index (χ0v) is 11.4. The summed E-state index contributed by atoms with van der Waals surface area (Å²) in [5.41, 5.74) is 6.66. The van der Waals surface area contributed by atoms with Gasteiger partial charge in [-0.1, -0.05) is 0 Å². The van der Waals surface area contributed by atoms with Gasteiger partial charge in [-0.2, -0.15) is 0 Å². The molecule has 2 N–H and O–H groups in total. The van der Waals surface area contributed by atoms with Gasteiger partial charge >= 0.3 is 0 Å². The van der Waals surface area contributed by atoms with Crippen LogP contribution in [0.4, 0.5) is 0 Å². The van der Waals surface area contributed by atoms with E-state index in [0.717, 1.165) is 0 Å². The summed E-state index contributed by atoms with van der Waals surface area (Å²) in [6, 6.07) is 4.67. The van der Waals surface area contributed by atoms with E-state index in [0.29, 0.717) is 17.0 Å². The van der Waals surface area contributed by atoms with Crippen molar-refractivity contribution in [1.82, 2.24) is 4.98 Å². The Labute approximate surface area is 106 Å². The van der Waals surface area contributed by atoms with Crippen molar-refractivity contribution in [2.45, 2.75) is 30.4 Å². The molecule has 1 aromatic carbocycles. The molecule has 0 aliphatic heterocycles. The molecule has 0 fully saturated rings. The molecule has 1 heterocycles. The molecule has 2 aromatic rings. The van der Waals surface area contributed by atoms with Crippen LogP contribution in [-0.2, 0) is 9.84 Å². The summed E-state index contributed by atoms with van der Waals surface area (Å²) >= 11 is 0. The molecule has 0 spiro atoms. The molecular weight excluding hydrogens is 252 g/mol. The maximum atomic E-state index is 12.4. The first-order valence-electron chi connectivity index (χ1n) is 5.60. The third-order valence-electron chi connectivity index (χ3n) is 3.00. The lowest BCUT2D eigenvalue weighted by molar-refractivity contribution is 0.549. The fraction of sp³-hybridized carbons (Fsp3) is 0.417. The lowest BCUT2D eigenvalue weighted by Crippen LogP contribution is -2.39. The molecule has 1 aromatic heterocycles. The average molecular weight is 268 g/mol. The summed E-state index contributed by atoms with van der Waals surface area (Å²) in [4.78, 5) is 4.35. The molecule has 0 atom stereocenters. The molecule has 5 nitrogen and oxygen atoms in total. The highest BCUT2D eigenvalue weighted by molar-refractivity contribution is 7.92. The number of aromatic nitrogens is 1. The van der Waals surface area contributed by atoms with Crippen molar-refractivity contribution in [3.05, 3.63) is 24.1 Å². The second-order valence-electron chi connectivity index (χ2n) is 4.83. The molecule has 18 heavy (non-hydrogen) atoms. The van der Waals surface area contributed by atoms with Crippen molar-refractivity contribution in [3.8, 4) is 0 Å². The largest absolute Gasteiger partial charge is 0.441 e. The Morgan fingerprint density at radius 1 is 1.39 bits per heavy atom. The highest BCUT2D eigenvalue weighted by atomic mass is 32.2. The van der Waals surface area contributed by atoms with Gasteiger partial charge in [0, 0.05) is 13.5 Å². The van der Waals surface area contributed by atoms with Gasteiger partial charge in [-0.25, -0.2) is 13.4 Å². The van der Waals surface area contributed by atoms with Crippen LogP contribution < -0.4 is 5.73 Å². The van der Waals surface area contributed by atoms with E-state index in [1.807, 2.05) is 0 Å². The monoisotopic (exact) mass is 268 g/mol. The zero-order valence-electron chi connectivity index (χ0n) is 10.6. The van der Waals surface area contributed by atoms with Gasteiger partial charge in [0.2, 0.25) is 0 Å². The highest BCUT2D eigenvalue weighted by Gasteiger charge is 2.34. The fourth-order valence-corrected chi connectivity index (χ4v) is 2.99. The lowest BCUT2D eigenvalue weighted by atomic mass is 10.2. The molecule has 0 aliphatic rings. The Morgan fingerprint density at radius 3 is 2.67 bits per heavy atom. The van der Waals surface area contributed by atoms with Crippen molar-refractivity contribution in [2.75, 3.05) is 6.54 Å². The van der Waals surface area contributed by atoms with Gasteiger partial charge < -0.3 is 10.2 Å². The maximum Gasteiger partial charge on any atom is 0.192 e. The van der Waals surface area contributed by atoms with Crippen LogP contribution in [0.5, 0.6) is 0 Å². The molecule has 98 valence electrons. The third kappa shape index (κ3) is 1.91. The Morgan fingerprint density at radius 2 is 2.06 bits per heavy atom. The van der Waals surface area contributed by atoms with Crippen LogP contribution in [0.3, 0.4) is 0 Å². The highest BCUT2D eigenvalue weighted by Crippen LogP contribution is 2.27. The standard InChI is InChI=1S/C12H16N2O3S/c1-8-14-10-6-9(4-5-11(10)17-8)18(15,16)12(2,3)7-13/h4-6H,7,13H2,1-3H3. The summed E-state index contributed by atoms with van der Waals surface area (Å²) < 4.78 is 29.1. The first-order valence-corrected chi connectivity index (χ1v) is 7.08. The molecule has 6 heteroatoms. The summed E-state index contributed by atoms with van der Waals surface area (Å²) in [5.74, 6) is 0.512. The zero-order chi connectivity index (χ0) is 13.6. The summed E-state index contributed by atoms with van der Waals surface area (Å²) in [6.07, 6.45) is 0. The predicted octanol–water partition coefficient (Wildman–Crippen LogP) is 1.65. The third-order valence-corrected chi connectivity index (χ3v) is 5.49. The van der Waals surface area contributed by atoms with Crippen molar-refractivity contribution < 1.29 is 12.8 Å². The van der Waals surface area contributed by atoms with Gasteiger partial charge in [0.1, 0.15) is 5.52 Å². The minimum absolute atomic E-state index is 0.0607.